The number of nitrogens with zero attached hydrogens (tertiary/aromatic N) is 3. The molecule has 2 heterocycles. The Morgan fingerprint density at radius 3 is 2.48 bits per heavy atom. The van der Waals surface area contributed by atoms with E-state index in [0.29, 0.717) is 29.5 Å². The number of rotatable bonds is 8. The molecule has 0 spiro atoms. The minimum atomic E-state index is -0.0685. The fraction of sp³-hybridized carbons (Fsp3) is 0.385. The van der Waals surface area contributed by atoms with Gasteiger partial charge in [0.2, 0.25) is 12.7 Å². The van der Waals surface area contributed by atoms with Crippen LogP contribution in [0.5, 0.6) is 11.5 Å². The molecule has 7 nitrogen and oxygen atoms in total. The highest BCUT2D eigenvalue weighted by atomic mass is 16.7. The fourth-order valence-electron chi connectivity index (χ4n) is 3.79. The number of hydrogen-bond donors (Lipinski definition) is 0. The van der Waals surface area contributed by atoms with Crippen LogP contribution in [-0.4, -0.2) is 41.9 Å². The predicted octanol–water partition coefficient (Wildman–Crippen LogP) is 5.36. The molecule has 1 atom stereocenters. The third-order valence-electron chi connectivity index (χ3n) is 6.24. The van der Waals surface area contributed by atoms with E-state index in [1.165, 1.54) is 0 Å². The molecule has 0 N–H and O–H groups in total. The molecule has 0 bridgehead atoms. The summed E-state index contributed by atoms with van der Waals surface area (Å²) in [6.07, 6.45) is 0.817. The number of benzene rings is 2. The molecule has 3 aromatic rings. The Bertz CT molecular complexity index is 1110. The fourth-order valence-corrected chi connectivity index (χ4v) is 3.79. The first-order valence-electron chi connectivity index (χ1n) is 11.4. The molecule has 1 aromatic heterocycles. The molecular formula is C26H31N3O4. The van der Waals surface area contributed by atoms with Crippen LogP contribution in [0, 0.1) is 0 Å². The number of carbonyl (C=O) groups excluding carboxylic acids is 1. The van der Waals surface area contributed by atoms with Crippen molar-refractivity contribution in [3.05, 3.63) is 59.7 Å². The van der Waals surface area contributed by atoms with Gasteiger partial charge in [-0.25, -0.2) is 0 Å². The second kappa shape index (κ2) is 9.57. The average Bonchev–Trinajstić information content (AvgIpc) is 3.48. The van der Waals surface area contributed by atoms with Gasteiger partial charge in [-0.1, -0.05) is 42.4 Å². The Hall–Kier alpha value is -3.48. The first-order valence-corrected chi connectivity index (χ1v) is 11.4. The van der Waals surface area contributed by atoms with E-state index < -0.39 is 0 Å². The van der Waals surface area contributed by atoms with Crippen LogP contribution in [0.3, 0.4) is 0 Å². The predicted molar refractivity (Wildman–Crippen MR) is 128 cm³/mol. The summed E-state index contributed by atoms with van der Waals surface area (Å²) in [6, 6.07) is 15.5. The monoisotopic (exact) mass is 449 g/mol. The molecule has 0 fully saturated rings. The summed E-state index contributed by atoms with van der Waals surface area (Å²) in [4.78, 5) is 17.6. The number of hydrogen-bond acceptors (Lipinski definition) is 6. The van der Waals surface area contributed by atoms with Crippen molar-refractivity contribution in [3.63, 3.8) is 0 Å². The SMILES string of the molecule is CC[C@H](C)N(Cc1c(-c2ccccc2)noc1N(C)C(C)C)C(=O)c1ccc2c(c1)OCO2. The summed E-state index contributed by atoms with van der Waals surface area (Å²) < 4.78 is 16.7. The first-order chi connectivity index (χ1) is 15.9. The van der Waals surface area contributed by atoms with Crippen molar-refractivity contribution in [1.82, 2.24) is 10.1 Å². The van der Waals surface area contributed by atoms with E-state index in [1.54, 1.807) is 18.2 Å². The molecule has 0 saturated carbocycles. The van der Waals surface area contributed by atoms with E-state index in [1.807, 2.05) is 42.3 Å². The average molecular weight is 450 g/mol. The second-order valence-corrected chi connectivity index (χ2v) is 8.64. The van der Waals surface area contributed by atoms with Gasteiger partial charge in [-0.15, -0.1) is 0 Å². The first kappa shape index (κ1) is 22.7. The van der Waals surface area contributed by atoms with Gasteiger partial charge in [-0.05, 0) is 45.4 Å². The summed E-state index contributed by atoms with van der Waals surface area (Å²) in [7, 11) is 1.98. The number of fused-ring (bicyclic) bond motifs is 1. The number of aromatic nitrogens is 1. The Morgan fingerprint density at radius 2 is 1.79 bits per heavy atom. The van der Waals surface area contributed by atoms with Gasteiger partial charge >= 0.3 is 0 Å². The van der Waals surface area contributed by atoms with Crippen LogP contribution >= 0.6 is 0 Å². The van der Waals surface area contributed by atoms with Gasteiger partial charge in [-0.3, -0.25) is 4.79 Å². The zero-order valence-corrected chi connectivity index (χ0v) is 19.9. The van der Waals surface area contributed by atoms with E-state index in [4.69, 9.17) is 14.0 Å². The molecule has 0 radical (unpaired) electrons. The van der Waals surface area contributed by atoms with Crippen molar-refractivity contribution in [3.8, 4) is 22.8 Å². The molecule has 4 rings (SSSR count). The van der Waals surface area contributed by atoms with Gasteiger partial charge in [-0.2, -0.15) is 0 Å². The molecule has 0 saturated heterocycles. The minimum Gasteiger partial charge on any atom is -0.454 e. The Labute approximate surface area is 194 Å². The smallest absolute Gasteiger partial charge is 0.254 e. The van der Waals surface area contributed by atoms with E-state index in [0.717, 1.165) is 23.2 Å². The van der Waals surface area contributed by atoms with Gasteiger partial charge in [0, 0.05) is 30.3 Å². The van der Waals surface area contributed by atoms with Crippen LogP contribution < -0.4 is 14.4 Å². The van der Waals surface area contributed by atoms with Crippen LogP contribution in [0.15, 0.2) is 53.1 Å². The Morgan fingerprint density at radius 1 is 1.06 bits per heavy atom. The highest BCUT2D eigenvalue weighted by Crippen LogP contribution is 2.35. The van der Waals surface area contributed by atoms with Crippen LogP contribution in [0.25, 0.3) is 11.3 Å². The van der Waals surface area contributed by atoms with Crippen LogP contribution in [0.2, 0.25) is 0 Å². The number of ether oxygens (including phenoxy) is 2. The van der Waals surface area contributed by atoms with Gasteiger partial charge < -0.3 is 23.8 Å². The standard InChI is InChI=1S/C26H31N3O4/c1-6-18(4)29(25(30)20-12-13-22-23(14-20)32-16-31-22)15-21-24(19-10-8-7-9-11-19)27-33-26(21)28(5)17(2)3/h7-14,17-18H,6,15-16H2,1-5H3/t18-/m0/s1. The maximum Gasteiger partial charge on any atom is 0.254 e. The van der Waals surface area contributed by atoms with Crippen molar-refractivity contribution in [2.75, 3.05) is 18.7 Å². The molecule has 1 amide bonds. The van der Waals surface area contributed by atoms with Crippen molar-refractivity contribution in [2.45, 2.75) is 52.7 Å². The molecule has 1 aliphatic rings. The minimum absolute atomic E-state index is 0.0126. The van der Waals surface area contributed by atoms with Gasteiger partial charge in [0.05, 0.1) is 12.1 Å². The van der Waals surface area contributed by atoms with E-state index >= 15 is 0 Å². The van der Waals surface area contributed by atoms with Crippen LogP contribution in [-0.2, 0) is 6.54 Å². The lowest BCUT2D eigenvalue weighted by Crippen LogP contribution is -2.38. The lowest BCUT2D eigenvalue weighted by Gasteiger charge is -2.30. The summed E-state index contributed by atoms with van der Waals surface area (Å²) >= 11 is 0. The highest BCUT2D eigenvalue weighted by molar-refractivity contribution is 5.95. The number of amides is 1. The summed E-state index contributed by atoms with van der Waals surface area (Å²) in [5, 5.41) is 4.42. The molecule has 7 heteroatoms. The third-order valence-corrected chi connectivity index (χ3v) is 6.24. The van der Waals surface area contributed by atoms with Crippen molar-refractivity contribution in [2.24, 2.45) is 0 Å². The summed E-state index contributed by atoms with van der Waals surface area (Å²) in [5.74, 6) is 1.87. The normalized spacial score (nSPS) is 13.3. The lowest BCUT2D eigenvalue weighted by atomic mass is 10.0. The third kappa shape index (κ3) is 4.53. The number of anilines is 1. The van der Waals surface area contributed by atoms with Crippen molar-refractivity contribution < 1.29 is 18.8 Å². The molecule has 0 unspecified atom stereocenters. The van der Waals surface area contributed by atoms with E-state index in [2.05, 4.69) is 37.8 Å². The summed E-state index contributed by atoms with van der Waals surface area (Å²) in [5.41, 5.74) is 3.17. The van der Waals surface area contributed by atoms with Crippen molar-refractivity contribution >= 4 is 11.8 Å². The Kier molecular flexibility index (Phi) is 6.58. The number of carbonyl (C=O) groups is 1. The second-order valence-electron chi connectivity index (χ2n) is 8.64. The topological polar surface area (TPSA) is 68.0 Å². The molecule has 2 aromatic carbocycles. The molecule has 174 valence electrons. The maximum absolute atomic E-state index is 13.7. The van der Waals surface area contributed by atoms with Crippen molar-refractivity contribution in [1.29, 1.82) is 0 Å². The van der Waals surface area contributed by atoms with Gasteiger partial charge in [0.1, 0.15) is 5.69 Å². The van der Waals surface area contributed by atoms with Gasteiger partial charge in [0.25, 0.3) is 5.91 Å². The molecule has 33 heavy (non-hydrogen) atoms. The zero-order chi connectivity index (χ0) is 23.5. The lowest BCUT2D eigenvalue weighted by molar-refractivity contribution is 0.0671. The maximum atomic E-state index is 13.7. The van der Waals surface area contributed by atoms with Crippen LogP contribution in [0.1, 0.15) is 50.0 Å². The quantitative estimate of drug-likeness (QED) is 0.461. The highest BCUT2D eigenvalue weighted by Gasteiger charge is 2.29. The Balaban J connectivity index is 1.74. The molecule has 1 aliphatic heterocycles. The summed E-state index contributed by atoms with van der Waals surface area (Å²) in [6.45, 7) is 8.89. The van der Waals surface area contributed by atoms with Crippen LogP contribution in [0.4, 0.5) is 5.88 Å². The molecule has 0 aliphatic carbocycles. The molecular weight excluding hydrogens is 418 g/mol. The van der Waals surface area contributed by atoms with E-state index in [9.17, 15) is 4.79 Å². The van der Waals surface area contributed by atoms with Gasteiger partial charge in [0.15, 0.2) is 11.5 Å². The largest absolute Gasteiger partial charge is 0.454 e. The van der Waals surface area contributed by atoms with E-state index in [-0.39, 0.29) is 24.8 Å². The zero-order valence-electron chi connectivity index (χ0n) is 19.9.